The zero-order valence-electron chi connectivity index (χ0n) is 28.2. The summed E-state index contributed by atoms with van der Waals surface area (Å²) in [7, 11) is 0. The number of nitriles is 1. The van der Waals surface area contributed by atoms with E-state index in [1.165, 1.54) is 0 Å². The maximum Gasteiger partial charge on any atom is 0.408 e. The van der Waals surface area contributed by atoms with E-state index >= 15 is 0 Å². The first kappa shape index (κ1) is 34.3. The van der Waals surface area contributed by atoms with Gasteiger partial charge in [0, 0.05) is 23.9 Å². The summed E-state index contributed by atoms with van der Waals surface area (Å²) in [5.41, 5.74) is -3.45. The highest BCUT2D eigenvalue weighted by Gasteiger charge is 2.84. The third-order valence-electron chi connectivity index (χ3n) is 12.0. The van der Waals surface area contributed by atoms with Crippen LogP contribution >= 0.6 is 0 Å². The first-order chi connectivity index (χ1) is 18.9. The lowest BCUT2D eigenvalue weighted by molar-refractivity contribution is -0.265. The number of alkyl carbamates (subject to hydrolysis) is 1. The standard InChI is InChI=1S/C34H55N3O5/c1-27(2,19-20-35)29(5,6)36-22-25(38)24(21-23-17-15-14-16-18-23)37-26(39)40-33(12)31(9,10)42-34(13)32(33,11)28(3,4)30(7,8)41-34/h14-18,24-25,36,38H,19,21-22H2,1-13H3,(H,37,39)/t24-,25+,32-,33-,34+/m0/s1. The summed E-state index contributed by atoms with van der Waals surface area (Å²) in [6.07, 6.45) is -0.772. The van der Waals surface area contributed by atoms with Crippen molar-refractivity contribution in [2.75, 3.05) is 6.54 Å². The molecule has 0 aromatic heterocycles. The highest BCUT2D eigenvalue weighted by Crippen LogP contribution is 2.74. The SMILES string of the molecule is CC(C)(CC#N)C(C)(C)NC[C@@H](O)[C@H](Cc1ccccc1)NC(=O)O[C@@]1(C)C(C)(C)O[C@@]2(C)OC(C)(C)C(C)(C)[C@]21C. The number of rotatable bonds is 10. The van der Waals surface area contributed by atoms with Crippen LogP contribution in [0.2, 0.25) is 0 Å². The van der Waals surface area contributed by atoms with Crippen LogP contribution in [-0.2, 0) is 20.6 Å². The molecule has 8 nitrogen and oxygen atoms in total. The number of aliphatic hydroxyl groups is 1. The summed E-state index contributed by atoms with van der Waals surface area (Å²) >= 11 is 0. The second kappa shape index (κ2) is 10.8. The van der Waals surface area contributed by atoms with Crippen molar-refractivity contribution in [2.45, 2.75) is 143 Å². The number of hydrogen-bond acceptors (Lipinski definition) is 7. The molecule has 2 fully saturated rings. The molecule has 2 saturated heterocycles. The van der Waals surface area contributed by atoms with Crippen LogP contribution in [0.15, 0.2) is 30.3 Å². The molecule has 2 aliphatic rings. The summed E-state index contributed by atoms with van der Waals surface area (Å²) in [6.45, 7) is 26.6. The fraction of sp³-hybridized carbons (Fsp3) is 0.765. The second-order valence-electron chi connectivity index (χ2n) is 15.6. The predicted octanol–water partition coefficient (Wildman–Crippen LogP) is 6.12. The van der Waals surface area contributed by atoms with E-state index in [9.17, 15) is 15.2 Å². The number of ether oxygens (including phenoxy) is 3. The molecule has 3 rings (SSSR count). The number of benzene rings is 1. The van der Waals surface area contributed by atoms with Crippen molar-refractivity contribution in [3.05, 3.63) is 35.9 Å². The number of amides is 1. The van der Waals surface area contributed by atoms with Crippen molar-refractivity contribution in [3.63, 3.8) is 0 Å². The van der Waals surface area contributed by atoms with Crippen LogP contribution in [0.25, 0.3) is 0 Å². The molecule has 3 N–H and O–H groups in total. The van der Waals surface area contributed by atoms with Crippen molar-refractivity contribution < 1.29 is 24.1 Å². The van der Waals surface area contributed by atoms with Gasteiger partial charge in [-0.15, -0.1) is 0 Å². The lowest BCUT2D eigenvalue weighted by Gasteiger charge is -2.53. The Hall–Kier alpha value is -2.18. The average molecular weight is 586 g/mol. The van der Waals surface area contributed by atoms with E-state index in [2.05, 4.69) is 51.3 Å². The number of hydrogen-bond donors (Lipinski definition) is 3. The molecule has 2 aliphatic heterocycles. The Morgan fingerprint density at radius 1 is 0.976 bits per heavy atom. The summed E-state index contributed by atoms with van der Waals surface area (Å²) < 4.78 is 19.7. The van der Waals surface area contributed by atoms with Crippen LogP contribution in [0.4, 0.5) is 4.79 Å². The van der Waals surface area contributed by atoms with Crippen molar-refractivity contribution in [3.8, 4) is 6.07 Å². The van der Waals surface area contributed by atoms with Gasteiger partial charge in [0.1, 0.15) is 5.60 Å². The Bertz CT molecular complexity index is 1190. The number of carbonyl (C=O) groups is 1. The molecule has 2 heterocycles. The molecule has 0 aliphatic carbocycles. The molecular formula is C34H55N3O5. The smallest absolute Gasteiger partial charge is 0.408 e. The van der Waals surface area contributed by atoms with Crippen LogP contribution in [0, 0.1) is 27.6 Å². The third kappa shape index (κ3) is 5.25. The van der Waals surface area contributed by atoms with Gasteiger partial charge in [0.15, 0.2) is 11.4 Å². The fourth-order valence-corrected chi connectivity index (χ4v) is 7.13. The summed E-state index contributed by atoms with van der Waals surface area (Å²) in [4.78, 5) is 13.9. The van der Waals surface area contributed by atoms with Crippen molar-refractivity contribution in [2.24, 2.45) is 16.2 Å². The lowest BCUT2D eigenvalue weighted by Crippen LogP contribution is -2.64. The van der Waals surface area contributed by atoms with Gasteiger partial charge in [-0.05, 0) is 79.7 Å². The van der Waals surface area contributed by atoms with Gasteiger partial charge in [-0.3, -0.25) is 0 Å². The van der Waals surface area contributed by atoms with Gasteiger partial charge in [-0.2, -0.15) is 5.26 Å². The number of nitrogens with zero attached hydrogens (tertiary/aromatic N) is 1. The van der Waals surface area contributed by atoms with Gasteiger partial charge in [0.2, 0.25) is 0 Å². The zero-order chi connectivity index (χ0) is 32.2. The minimum atomic E-state index is -1.08. The molecule has 0 saturated carbocycles. The quantitative estimate of drug-likeness (QED) is 0.303. The Morgan fingerprint density at radius 3 is 2.07 bits per heavy atom. The lowest BCUT2D eigenvalue weighted by atomic mass is 9.51. The Morgan fingerprint density at radius 2 is 1.52 bits per heavy atom. The molecule has 42 heavy (non-hydrogen) atoms. The summed E-state index contributed by atoms with van der Waals surface area (Å²) in [5, 5.41) is 27.2. The van der Waals surface area contributed by atoms with Gasteiger partial charge >= 0.3 is 6.09 Å². The average Bonchev–Trinajstić information content (AvgIpc) is 3.03. The van der Waals surface area contributed by atoms with Crippen LogP contribution in [0.3, 0.4) is 0 Å². The monoisotopic (exact) mass is 585 g/mol. The van der Waals surface area contributed by atoms with E-state index in [0.717, 1.165) is 5.56 Å². The molecule has 8 heteroatoms. The molecule has 0 bridgehead atoms. The summed E-state index contributed by atoms with van der Waals surface area (Å²) in [6, 6.07) is 11.4. The Labute approximate surface area is 253 Å². The Kier molecular flexibility index (Phi) is 8.79. The van der Waals surface area contributed by atoms with Gasteiger partial charge in [0.25, 0.3) is 0 Å². The van der Waals surface area contributed by atoms with Crippen molar-refractivity contribution in [1.82, 2.24) is 10.6 Å². The predicted molar refractivity (Wildman–Crippen MR) is 165 cm³/mol. The van der Waals surface area contributed by atoms with Gasteiger partial charge in [-0.25, -0.2) is 4.79 Å². The maximum absolute atomic E-state index is 13.9. The molecule has 0 spiro atoms. The number of carbonyl (C=O) groups excluding carboxylic acids is 1. The van der Waals surface area contributed by atoms with Gasteiger partial charge in [0.05, 0.1) is 29.2 Å². The number of nitrogens with one attached hydrogen (secondary N) is 2. The topological polar surface area (TPSA) is 113 Å². The van der Waals surface area contributed by atoms with Crippen LogP contribution in [-0.4, -0.2) is 58.0 Å². The van der Waals surface area contributed by atoms with E-state index in [1.54, 1.807) is 0 Å². The molecule has 1 aromatic carbocycles. The molecule has 5 atom stereocenters. The minimum Gasteiger partial charge on any atom is -0.439 e. The normalized spacial score (nSPS) is 31.1. The van der Waals surface area contributed by atoms with Crippen LogP contribution in [0.5, 0.6) is 0 Å². The largest absolute Gasteiger partial charge is 0.439 e. The summed E-state index contributed by atoms with van der Waals surface area (Å²) in [5.74, 6) is -0.993. The van der Waals surface area contributed by atoms with Gasteiger partial charge in [-0.1, -0.05) is 58.0 Å². The number of fused-ring (bicyclic) bond motifs is 1. The molecule has 1 amide bonds. The molecule has 1 aromatic rings. The first-order valence-corrected chi connectivity index (χ1v) is 15.2. The van der Waals surface area contributed by atoms with E-state index in [1.807, 2.05) is 85.7 Å². The fourth-order valence-electron chi connectivity index (χ4n) is 7.13. The third-order valence-corrected chi connectivity index (χ3v) is 12.0. The first-order valence-electron chi connectivity index (χ1n) is 15.2. The van der Waals surface area contributed by atoms with Gasteiger partial charge < -0.3 is 30.0 Å². The van der Waals surface area contributed by atoms with E-state index in [4.69, 9.17) is 14.2 Å². The number of aliphatic hydroxyl groups excluding tert-OH is 1. The van der Waals surface area contributed by atoms with Crippen molar-refractivity contribution >= 4 is 6.09 Å². The van der Waals surface area contributed by atoms with E-state index in [0.29, 0.717) is 12.8 Å². The molecule has 0 unspecified atom stereocenters. The molecule has 0 radical (unpaired) electrons. The molecule has 236 valence electrons. The van der Waals surface area contributed by atoms with Crippen molar-refractivity contribution in [1.29, 1.82) is 5.26 Å². The maximum atomic E-state index is 13.9. The molecular weight excluding hydrogens is 530 g/mol. The van der Waals surface area contributed by atoms with E-state index < -0.39 is 57.2 Å². The van der Waals surface area contributed by atoms with E-state index in [-0.39, 0.29) is 12.0 Å². The van der Waals surface area contributed by atoms with Crippen LogP contribution in [0.1, 0.15) is 102 Å². The zero-order valence-corrected chi connectivity index (χ0v) is 28.2. The van der Waals surface area contributed by atoms with Crippen LogP contribution < -0.4 is 10.6 Å². The highest BCUT2D eigenvalue weighted by atomic mass is 16.7. The second-order valence-corrected chi connectivity index (χ2v) is 15.6. The number of β-amino-alcohol motifs (C(OH)–C–C–N with tert-alkyl or cyclic N) is 1. The Balaban J connectivity index is 1.89. The highest BCUT2D eigenvalue weighted by molar-refractivity contribution is 5.69. The minimum absolute atomic E-state index is 0.219.